The van der Waals surface area contributed by atoms with E-state index in [-0.39, 0.29) is 6.10 Å². The summed E-state index contributed by atoms with van der Waals surface area (Å²) in [6.07, 6.45) is 2.36. The van der Waals surface area contributed by atoms with Crippen molar-refractivity contribution >= 4 is 11.4 Å². The van der Waals surface area contributed by atoms with Gasteiger partial charge in [-0.15, -0.1) is 0 Å². The summed E-state index contributed by atoms with van der Waals surface area (Å²) in [6.45, 7) is 4.18. The molecule has 0 aliphatic rings. The third-order valence-corrected chi connectivity index (χ3v) is 1.98. The summed E-state index contributed by atoms with van der Waals surface area (Å²) in [5.41, 5.74) is 12.6. The Bertz CT molecular complexity index is 279. The zero-order valence-electron chi connectivity index (χ0n) is 8.79. The van der Waals surface area contributed by atoms with Gasteiger partial charge in [-0.05, 0) is 19.4 Å². The minimum absolute atomic E-state index is 0.209. The molecule has 0 spiro atoms. The number of hydrogen-bond donors (Lipinski definition) is 2. The fraction of sp³-hybridized carbons (Fsp3) is 0.455. The van der Waals surface area contributed by atoms with Crippen molar-refractivity contribution in [1.29, 1.82) is 0 Å². The van der Waals surface area contributed by atoms with Gasteiger partial charge in [0.1, 0.15) is 5.75 Å². The quantitative estimate of drug-likeness (QED) is 0.723. The van der Waals surface area contributed by atoms with Gasteiger partial charge in [0.05, 0.1) is 6.10 Å². The zero-order chi connectivity index (χ0) is 10.6. The van der Waals surface area contributed by atoms with E-state index in [1.54, 1.807) is 18.2 Å². The van der Waals surface area contributed by atoms with E-state index in [4.69, 9.17) is 16.2 Å². The Hall–Kier alpha value is -1.38. The predicted octanol–water partition coefficient (Wildman–Crippen LogP) is 2.42. The van der Waals surface area contributed by atoms with Crippen LogP contribution >= 0.6 is 0 Å². The van der Waals surface area contributed by atoms with E-state index in [0.29, 0.717) is 11.4 Å². The maximum Gasteiger partial charge on any atom is 0.123 e. The molecule has 0 fully saturated rings. The molecule has 1 atom stereocenters. The van der Waals surface area contributed by atoms with Crippen molar-refractivity contribution < 1.29 is 4.74 Å². The van der Waals surface area contributed by atoms with Crippen LogP contribution in [-0.4, -0.2) is 6.10 Å². The average molecular weight is 194 g/mol. The molecule has 1 aromatic carbocycles. The lowest BCUT2D eigenvalue weighted by Gasteiger charge is -2.14. The molecule has 1 unspecified atom stereocenters. The van der Waals surface area contributed by atoms with Gasteiger partial charge in [-0.3, -0.25) is 0 Å². The van der Waals surface area contributed by atoms with Crippen LogP contribution in [-0.2, 0) is 0 Å². The smallest absolute Gasteiger partial charge is 0.123 e. The summed E-state index contributed by atoms with van der Waals surface area (Å²) in [6, 6.07) is 5.31. The monoisotopic (exact) mass is 194 g/mol. The molecule has 0 bridgehead atoms. The second kappa shape index (κ2) is 4.74. The Morgan fingerprint density at radius 3 is 2.29 bits per heavy atom. The predicted molar refractivity (Wildman–Crippen MR) is 60.3 cm³/mol. The summed E-state index contributed by atoms with van der Waals surface area (Å²) in [4.78, 5) is 0. The molecule has 3 nitrogen and oxygen atoms in total. The largest absolute Gasteiger partial charge is 0.491 e. The van der Waals surface area contributed by atoms with Crippen molar-refractivity contribution in [3.05, 3.63) is 18.2 Å². The standard InChI is InChI=1S/C11H18N2O/c1-3-4-8(2)14-11-6-9(12)5-10(13)7-11/h5-8H,3-4,12-13H2,1-2H3. The highest BCUT2D eigenvalue weighted by Crippen LogP contribution is 2.21. The van der Waals surface area contributed by atoms with Crippen LogP contribution in [0.5, 0.6) is 5.75 Å². The van der Waals surface area contributed by atoms with Crippen LogP contribution in [0, 0.1) is 0 Å². The van der Waals surface area contributed by atoms with Crippen LogP contribution in [0.2, 0.25) is 0 Å². The lowest BCUT2D eigenvalue weighted by Crippen LogP contribution is -2.11. The minimum atomic E-state index is 0.209. The molecule has 0 heterocycles. The highest BCUT2D eigenvalue weighted by molar-refractivity contribution is 5.56. The first-order valence-corrected chi connectivity index (χ1v) is 4.94. The molecular formula is C11H18N2O. The molecular weight excluding hydrogens is 176 g/mol. The molecule has 0 aromatic heterocycles. The van der Waals surface area contributed by atoms with E-state index in [9.17, 15) is 0 Å². The summed E-state index contributed by atoms with van der Waals surface area (Å²) < 4.78 is 5.66. The normalized spacial score (nSPS) is 12.4. The van der Waals surface area contributed by atoms with Crippen molar-refractivity contribution in [3.63, 3.8) is 0 Å². The molecule has 14 heavy (non-hydrogen) atoms. The van der Waals surface area contributed by atoms with Crippen molar-refractivity contribution in [3.8, 4) is 5.75 Å². The topological polar surface area (TPSA) is 61.3 Å². The van der Waals surface area contributed by atoms with Gasteiger partial charge in [0.2, 0.25) is 0 Å². The molecule has 0 saturated carbocycles. The Labute approximate surface area is 85.0 Å². The van der Waals surface area contributed by atoms with E-state index in [1.807, 2.05) is 6.92 Å². The van der Waals surface area contributed by atoms with Crippen LogP contribution in [0.3, 0.4) is 0 Å². The van der Waals surface area contributed by atoms with E-state index >= 15 is 0 Å². The second-order valence-corrected chi connectivity index (χ2v) is 3.55. The van der Waals surface area contributed by atoms with Crippen molar-refractivity contribution in [2.45, 2.75) is 32.8 Å². The zero-order valence-corrected chi connectivity index (χ0v) is 8.79. The first-order valence-electron chi connectivity index (χ1n) is 4.94. The van der Waals surface area contributed by atoms with Crippen molar-refractivity contribution in [1.82, 2.24) is 0 Å². The second-order valence-electron chi connectivity index (χ2n) is 3.55. The van der Waals surface area contributed by atoms with Gasteiger partial charge in [0, 0.05) is 23.5 Å². The Kier molecular flexibility index (Phi) is 3.63. The van der Waals surface area contributed by atoms with E-state index in [2.05, 4.69) is 6.92 Å². The summed E-state index contributed by atoms with van der Waals surface area (Å²) in [5.74, 6) is 0.753. The van der Waals surface area contributed by atoms with Gasteiger partial charge >= 0.3 is 0 Å². The molecule has 1 rings (SSSR count). The van der Waals surface area contributed by atoms with Crippen LogP contribution in [0.4, 0.5) is 11.4 Å². The molecule has 0 amide bonds. The lowest BCUT2D eigenvalue weighted by atomic mass is 10.2. The summed E-state index contributed by atoms with van der Waals surface area (Å²) in [5, 5.41) is 0. The van der Waals surface area contributed by atoms with Crippen LogP contribution in [0.25, 0.3) is 0 Å². The number of hydrogen-bond acceptors (Lipinski definition) is 3. The van der Waals surface area contributed by atoms with Gasteiger partial charge in [-0.2, -0.15) is 0 Å². The SMILES string of the molecule is CCCC(C)Oc1cc(N)cc(N)c1. The number of anilines is 2. The first-order chi connectivity index (χ1) is 6.61. The summed E-state index contributed by atoms with van der Waals surface area (Å²) in [7, 11) is 0. The number of benzene rings is 1. The van der Waals surface area contributed by atoms with Crippen LogP contribution < -0.4 is 16.2 Å². The van der Waals surface area contributed by atoms with Gasteiger partial charge in [-0.1, -0.05) is 13.3 Å². The molecule has 0 aliphatic carbocycles. The molecule has 0 saturated heterocycles. The molecule has 4 N–H and O–H groups in total. The maximum atomic E-state index is 5.66. The van der Waals surface area contributed by atoms with Gasteiger partial charge < -0.3 is 16.2 Å². The Morgan fingerprint density at radius 2 is 1.79 bits per heavy atom. The third-order valence-electron chi connectivity index (χ3n) is 1.98. The fourth-order valence-corrected chi connectivity index (χ4v) is 1.41. The van der Waals surface area contributed by atoms with E-state index in [0.717, 1.165) is 18.6 Å². The minimum Gasteiger partial charge on any atom is -0.491 e. The van der Waals surface area contributed by atoms with Gasteiger partial charge in [0.25, 0.3) is 0 Å². The number of nitrogen functional groups attached to an aromatic ring is 2. The first kappa shape index (κ1) is 10.7. The van der Waals surface area contributed by atoms with Crippen LogP contribution in [0.1, 0.15) is 26.7 Å². The molecule has 0 radical (unpaired) electrons. The highest BCUT2D eigenvalue weighted by Gasteiger charge is 2.03. The molecule has 0 aliphatic heterocycles. The number of rotatable bonds is 4. The molecule has 78 valence electrons. The van der Waals surface area contributed by atoms with Gasteiger partial charge in [0.15, 0.2) is 0 Å². The van der Waals surface area contributed by atoms with Crippen molar-refractivity contribution in [2.75, 3.05) is 11.5 Å². The lowest BCUT2D eigenvalue weighted by molar-refractivity contribution is 0.210. The van der Waals surface area contributed by atoms with Gasteiger partial charge in [-0.25, -0.2) is 0 Å². The highest BCUT2D eigenvalue weighted by atomic mass is 16.5. The third kappa shape index (κ3) is 3.17. The Balaban J connectivity index is 2.66. The number of nitrogens with two attached hydrogens (primary N) is 2. The Morgan fingerprint density at radius 1 is 1.21 bits per heavy atom. The van der Waals surface area contributed by atoms with Crippen molar-refractivity contribution in [2.24, 2.45) is 0 Å². The molecule has 3 heteroatoms. The fourth-order valence-electron chi connectivity index (χ4n) is 1.41. The average Bonchev–Trinajstić information content (AvgIpc) is 2.01. The summed E-state index contributed by atoms with van der Waals surface area (Å²) >= 11 is 0. The maximum absolute atomic E-state index is 5.66. The number of ether oxygens (including phenoxy) is 1. The molecule has 1 aromatic rings. The van der Waals surface area contributed by atoms with E-state index < -0.39 is 0 Å². The van der Waals surface area contributed by atoms with Crippen LogP contribution in [0.15, 0.2) is 18.2 Å². The van der Waals surface area contributed by atoms with E-state index in [1.165, 1.54) is 0 Å².